The highest BCUT2D eigenvalue weighted by Crippen LogP contribution is 2.58. The number of hydrogen-bond acceptors (Lipinski definition) is 9. The quantitative estimate of drug-likeness (QED) is 0.0858. The number of aromatic hydroxyl groups is 7. The summed E-state index contributed by atoms with van der Waals surface area (Å²) in [4.78, 5) is 0. The number of rotatable bonds is 6. The van der Waals surface area contributed by atoms with E-state index in [1.54, 1.807) is 103 Å². The maximum Gasteiger partial charge on any atom is 0.165 e. The number of phenols is 7. The molecule has 6 aromatic rings. The summed E-state index contributed by atoms with van der Waals surface area (Å²) in [5.74, 6) is -0.564. The predicted octanol–water partition coefficient (Wildman–Crippen LogP) is 8.33. The molecule has 51 heavy (non-hydrogen) atoms. The van der Waals surface area contributed by atoms with Gasteiger partial charge in [-0.2, -0.15) is 0 Å². The molecule has 9 nitrogen and oxygen atoms in total. The summed E-state index contributed by atoms with van der Waals surface area (Å²) >= 11 is 0. The number of hydrogen-bond donors (Lipinski definition) is 7. The molecular formula is C42H32O9. The molecule has 0 saturated heterocycles. The summed E-state index contributed by atoms with van der Waals surface area (Å²) in [7, 11) is 0. The minimum atomic E-state index is -0.691. The molecule has 9 heteroatoms. The standard InChI is InChI=1S/C42H32O9/c43-28-9-2-22(3-10-28)1-4-25-15-33(48)21-36-38(25)39(41(50-36)24-7-13-30(45)14-8-24)27-18-34-37(26-16-31(46)20-32(47)17-26)40(51-42(34)35(49)19-27)23-5-11-29(44)12-6-23/h1-21,37,39-41,43-49H/t37-,39+,40+,41-/m0/s1. The van der Waals surface area contributed by atoms with Crippen molar-refractivity contribution in [2.45, 2.75) is 24.0 Å². The first-order valence-corrected chi connectivity index (χ1v) is 16.3. The van der Waals surface area contributed by atoms with Crippen LogP contribution in [0.25, 0.3) is 12.2 Å². The van der Waals surface area contributed by atoms with E-state index in [9.17, 15) is 35.7 Å². The molecule has 8 rings (SSSR count). The molecule has 2 heterocycles. The van der Waals surface area contributed by atoms with E-state index < -0.39 is 24.0 Å². The van der Waals surface area contributed by atoms with E-state index in [2.05, 4.69) is 0 Å². The van der Waals surface area contributed by atoms with Gasteiger partial charge in [0.2, 0.25) is 0 Å². The van der Waals surface area contributed by atoms with Crippen LogP contribution in [0.2, 0.25) is 0 Å². The average Bonchev–Trinajstić information content (AvgIpc) is 3.68. The Morgan fingerprint density at radius 1 is 0.431 bits per heavy atom. The second-order valence-corrected chi connectivity index (χ2v) is 12.8. The molecule has 0 aliphatic carbocycles. The van der Waals surface area contributed by atoms with Crippen molar-refractivity contribution in [3.8, 4) is 51.7 Å². The second-order valence-electron chi connectivity index (χ2n) is 12.8. The van der Waals surface area contributed by atoms with E-state index in [0.29, 0.717) is 33.6 Å². The molecule has 6 aromatic carbocycles. The zero-order valence-electron chi connectivity index (χ0n) is 26.9. The van der Waals surface area contributed by atoms with Crippen LogP contribution in [-0.2, 0) is 0 Å². The van der Waals surface area contributed by atoms with Crippen LogP contribution in [0.15, 0.2) is 115 Å². The Morgan fingerprint density at radius 2 is 0.961 bits per heavy atom. The van der Waals surface area contributed by atoms with E-state index >= 15 is 0 Å². The van der Waals surface area contributed by atoms with Gasteiger partial charge in [0.15, 0.2) is 11.5 Å². The largest absolute Gasteiger partial charge is 0.508 e. The van der Waals surface area contributed by atoms with Crippen molar-refractivity contribution in [1.29, 1.82) is 0 Å². The Morgan fingerprint density at radius 3 is 1.57 bits per heavy atom. The fourth-order valence-corrected chi connectivity index (χ4v) is 7.23. The summed E-state index contributed by atoms with van der Waals surface area (Å²) in [6.07, 6.45) is 2.39. The molecule has 0 spiro atoms. The molecule has 254 valence electrons. The monoisotopic (exact) mass is 680 g/mol. The van der Waals surface area contributed by atoms with Crippen LogP contribution in [-0.4, -0.2) is 35.7 Å². The fourth-order valence-electron chi connectivity index (χ4n) is 7.23. The maximum atomic E-state index is 11.7. The molecular weight excluding hydrogens is 648 g/mol. The molecule has 0 radical (unpaired) electrons. The molecule has 2 aliphatic rings. The second kappa shape index (κ2) is 12.3. The van der Waals surface area contributed by atoms with Crippen LogP contribution >= 0.6 is 0 Å². The van der Waals surface area contributed by atoms with Gasteiger partial charge in [-0.1, -0.05) is 54.6 Å². The van der Waals surface area contributed by atoms with Crippen molar-refractivity contribution in [2.75, 3.05) is 0 Å². The normalized spacial score (nSPS) is 19.0. The van der Waals surface area contributed by atoms with E-state index in [-0.39, 0.29) is 46.0 Å². The first-order valence-electron chi connectivity index (χ1n) is 16.3. The molecule has 4 atom stereocenters. The van der Waals surface area contributed by atoms with Gasteiger partial charge >= 0.3 is 0 Å². The zero-order chi connectivity index (χ0) is 35.4. The molecule has 0 aromatic heterocycles. The molecule has 0 unspecified atom stereocenters. The van der Waals surface area contributed by atoms with E-state index in [1.807, 2.05) is 18.2 Å². The summed E-state index contributed by atoms with van der Waals surface area (Å²) in [5, 5.41) is 73.3. The van der Waals surface area contributed by atoms with Gasteiger partial charge in [0.05, 0.1) is 11.8 Å². The first-order chi connectivity index (χ1) is 24.6. The van der Waals surface area contributed by atoms with Gasteiger partial charge in [-0.25, -0.2) is 0 Å². The number of benzene rings is 6. The minimum Gasteiger partial charge on any atom is -0.508 e. The minimum absolute atomic E-state index is 0.00471. The Balaban J connectivity index is 1.32. The lowest BCUT2D eigenvalue weighted by Gasteiger charge is -2.23. The SMILES string of the molecule is Oc1ccc(C=Cc2cc(O)cc3c2[C@@H](c2cc(O)c4c(c2)[C@H](c2cc(O)cc(O)c2)[C@@H](c2ccc(O)cc2)O4)[C@H](c2ccc(O)cc2)O3)cc1. The van der Waals surface area contributed by atoms with E-state index in [4.69, 9.17) is 9.47 Å². The summed E-state index contributed by atoms with van der Waals surface area (Å²) in [6.45, 7) is 0. The maximum absolute atomic E-state index is 11.7. The van der Waals surface area contributed by atoms with E-state index in [1.165, 1.54) is 6.07 Å². The van der Waals surface area contributed by atoms with Crippen molar-refractivity contribution in [2.24, 2.45) is 0 Å². The van der Waals surface area contributed by atoms with Crippen molar-refractivity contribution >= 4 is 12.2 Å². The van der Waals surface area contributed by atoms with Crippen molar-refractivity contribution in [3.05, 3.63) is 160 Å². The molecule has 2 aliphatic heterocycles. The third kappa shape index (κ3) is 5.84. The molecule has 0 bridgehead atoms. The lowest BCUT2D eigenvalue weighted by atomic mass is 9.79. The number of phenolic OH excluding ortho intramolecular Hbond substituents is 7. The number of fused-ring (bicyclic) bond motifs is 2. The smallest absolute Gasteiger partial charge is 0.165 e. The zero-order valence-corrected chi connectivity index (χ0v) is 26.9. The summed E-state index contributed by atoms with van der Waals surface area (Å²) in [5.41, 5.74) is 5.49. The van der Waals surface area contributed by atoms with Gasteiger partial charge in [0, 0.05) is 23.3 Å². The summed E-state index contributed by atoms with van der Waals surface area (Å²) < 4.78 is 13.0. The number of ether oxygens (including phenoxy) is 2. The lowest BCUT2D eigenvalue weighted by Crippen LogP contribution is -2.13. The van der Waals surface area contributed by atoms with Crippen LogP contribution in [0, 0.1) is 0 Å². The lowest BCUT2D eigenvalue weighted by molar-refractivity contribution is 0.214. The Kier molecular flexibility index (Phi) is 7.60. The van der Waals surface area contributed by atoms with Gasteiger partial charge in [-0.3, -0.25) is 0 Å². The average molecular weight is 681 g/mol. The Labute approximate surface area is 292 Å². The molecule has 0 amide bonds. The van der Waals surface area contributed by atoms with Gasteiger partial charge in [0.1, 0.15) is 52.5 Å². The van der Waals surface area contributed by atoms with Crippen LogP contribution in [0.4, 0.5) is 0 Å². The third-order valence-electron chi connectivity index (χ3n) is 9.46. The van der Waals surface area contributed by atoms with Crippen LogP contribution in [0.5, 0.6) is 51.7 Å². The Bertz CT molecular complexity index is 2270. The molecule has 7 N–H and O–H groups in total. The highest BCUT2D eigenvalue weighted by atomic mass is 16.5. The van der Waals surface area contributed by atoms with Crippen molar-refractivity contribution < 1.29 is 45.2 Å². The highest BCUT2D eigenvalue weighted by molar-refractivity contribution is 5.76. The topological polar surface area (TPSA) is 160 Å². The van der Waals surface area contributed by atoms with Crippen molar-refractivity contribution in [3.63, 3.8) is 0 Å². The van der Waals surface area contributed by atoms with E-state index in [0.717, 1.165) is 16.7 Å². The third-order valence-corrected chi connectivity index (χ3v) is 9.46. The van der Waals surface area contributed by atoms with Crippen LogP contribution < -0.4 is 9.47 Å². The molecule has 0 fully saturated rings. The van der Waals surface area contributed by atoms with Crippen LogP contribution in [0.3, 0.4) is 0 Å². The fraction of sp³-hybridized carbons (Fsp3) is 0.0952. The Hall–Kier alpha value is -6.74. The van der Waals surface area contributed by atoms with Gasteiger partial charge in [-0.15, -0.1) is 0 Å². The van der Waals surface area contributed by atoms with Crippen LogP contribution in [0.1, 0.15) is 68.6 Å². The molecule has 0 saturated carbocycles. The summed E-state index contributed by atoms with van der Waals surface area (Å²) in [6, 6.07) is 31.0. The van der Waals surface area contributed by atoms with Gasteiger partial charge in [0.25, 0.3) is 0 Å². The highest BCUT2D eigenvalue weighted by Gasteiger charge is 2.43. The predicted molar refractivity (Wildman–Crippen MR) is 190 cm³/mol. The van der Waals surface area contributed by atoms with Crippen molar-refractivity contribution in [1.82, 2.24) is 0 Å². The van der Waals surface area contributed by atoms with Gasteiger partial charge in [-0.05, 0) is 94.0 Å². The first kappa shape index (κ1) is 31.5. The van der Waals surface area contributed by atoms with Gasteiger partial charge < -0.3 is 45.2 Å².